The molecule has 0 unspecified atom stereocenters. The van der Waals surface area contributed by atoms with Gasteiger partial charge in [0.25, 0.3) is 0 Å². The van der Waals surface area contributed by atoms with E-state index in [1.807, 2.05) is 36.1 Å². The molecule has 3 rings (SSSR count). The Bertz CT molecular complexity index is 708. The van der Waals surface area contributed by atoms with Gasteiger partial charge in [-0.15, -0.1) is 0 Å². The zero-order chi connectivity index (χ0) is 18.0. The maximum atomic E-state index is 12.9. The molecule has 0 radical (unpaired) electrons. The van der Waals surface area contributed by atoms with Crippen molar-refractivity contribution in [2.24, 2.45) is 5.92 Å². The standard InChI is InChI=1S/C19H27N5O/c1-13(2)15(4)24(17-8-9-17)19(25)22-14(3)16-6-5-7-18(10-16)23-12-20-11-21-23/h5-7,10-15,17H,8-9H2,1-4H3,(H,22,25)/t14-,15-/m1/s1. The molecule has 6 nitrogen and oxygen atoms in total. The van der Waals surface area contributed by atoms with Gasteiger partial charge in [0.2, 0.25) is 0 Å². The van der Waals surface area contributed by atoms with E-state index >= 15 is 0 Å². The van der Waals surface area contributed by atoms with Crippen LogP contribution in [0, 0.1) is 5.92 Å². The van der Waals surface area contributed by atoms with Crippen LogP contribution in [0.2, 0.25) is 0 Å². The molecule has 1 aliphatic carbocycles. The molecule has 0 bridgehead atoms. The van der Waals surface area contributed by atoms with E-state index in [4.69, 9.17) is 0 Å². The zero-order valence-corrected chi connectivity index (χ0v) is 15.4. The molecule has 0 saturated heterocycles. The third kappa shape index (κ3) is 4.00. The highest BCUT2D eigenvalue weighted by Gasteiger charge is 2.37. The maximum absolute atomic E-state index is 12.9. The van der Waals surface area contributed by atoms with E-state index in [1.54, 1.807) is 11.0 Å². The van der Waals surface area contributed by atoms with E-state index in [0.717, 1.165) is 24.1 Å². The highest BCUT2D eigenvalue weighted by molar-refractivity contribution is 5.76. The molecule has 0 aliphatic heterocycles. The van der Waals surface area contributed by atoms with E-state index in [0.29, 0.717) is 12.0 Å². The first kappa shape index (κ1) is 17.5. The van der Waals surface area contributed by atoms with Crippen molar-refractivity contribution in [2.75, 3.05) is 0 Å². The molecule has 1 fully saturated rings. The Labute approximate surface area is 149 Å². The van der Waals surface area contributed by atoms with E-state index in [1.165, 1.54) is 6.33 Å². The van der Waals surface area contributed by atoms with Crippen LogP contribution in [0.1, 0.15) is 52.1 Å². The van der Waals surface area contributed by atoms with Gasteiger partial charge in [-0.3, -0.25) is 0 Å². The highest BCUT2D eigenvalue weighted by Crippen LogP contribution is 2.31. The van der Waals surface area contributed by atoms with Gasteiger partial charge in [0.15, 0.2) is 0 Å². The number of carbonyl (C=O) groups is 1. The van der Waals surface area contributed by atoms with Crippen LogP contribution < -0.4 is 5.32 Å². The van der Waals surface area contributed by atoms with Gasteiger partial charge in [-0.1, -0.05) is 26.0 Å². The van der Waals surface area contributed by atoms with Crippen molar-refractivity contribution in [1.29, 1.82) is 0 Å². The van der Waals surface area contributed by atoms with E-state index in [2.05, 4.69) is 36.2 Å². The molecule has 1 aliphatic rings. The first-order chi connectivity index (χ1) is 12.0. The second-order valence-corrected chi connectivity index (χ2v) is 7.23. The third-order valence-electron chi connectivity index (χ3n) is 4.97. The number of rotatable bonds is 6. The lowest BCUT2D eigenvalue weighted by molar-refractivity contribution is 0.154. The van der Waals surface area contributed by atoms with Crippen molar-refractivity contribution in [2.45, 2.75) is 58.7 Å². The molecule has 6 heteroatoms. The van der Waals surface area contributed by atoms with Crippen molar-refractivity contribution in [3.05, 3.63) is 42.5 Å². The van der Waals surface area contributed by atoms with Crippen LogP contribution in [0.3, 0.4) is 0 Å². The van der Waals surface area contributed by atoms with Gasteiger partial charge in [-0.2, -0.15) is 5.10 Å². The van der Waals surface area contributed by atoms with Crippen LogP contribution in [0.25, 0.3) is 5.69 Å². The predicted octanol–water partition coefficient (Wildman–Crippen LogP) is 3.55. The summed E-state index contributed by atoms with van der Waals surface area (Å²) in [5.41, 5.74) is 1.99. The van der Waals surface area contributed by atoms with Crippen molar-refractivity contribution >= 4 is 6.03 Å². The van der Waals surface area contributed by atoms with E-state index < -0.39 is 0 Å². The first-order valence-corrected chi connectivity index (χ1v) is 9.01. The normalized spacial score (nSPS) is 16.5. The molecule has 1 N–H and O–H groups in total. The van der Waals surface area contributed by atoms with Crippen LogP contribution in [-0.4, -0.2) is 37.8 Å². The number of hydrogen-bond acceptors (Lipinski definition) is 3. The summed E-state index contributed by atoms with van der Waals surface area (Å²) in [7, 11) is 0. The summed E-state index contributed by atoms with van der Waals surface area (Å²) in [6.07, 6.45) is 5.40. The smallest absolute Gasteiger partial charge is 0.318 e. The third-order valence-corrected chi connectivity index (χ3v) is 4.97. The Balaban J connectivity index is 1.72. The van der Waals surface area contributed by atoms with Gasteiger partial charge < -0.3 is 10.2 Å². The fourth-order valence-electron chi connectivity index (χ4n) is 2.98. The van der Waals surface area contributed by atoms with Crippen molar-refractivity contribution < 1.29 is 4.79 Å². The van der Waals surface area contributed by atoms with Gasteiger partial charge in [0, 0.05) is 12.1 Å². The Hall–Kier alpha value is -2.37. The summed E-state index contributed by atoms with van der Waals surface area (Å²) >= 11 is 0. The average molecular weight is 341 g/mol. The summed E-state index contributed by atoms with van der Waals surface area (Å²) < 4.78 is 1.72. The van der Waals surface area contributed by atoms with Gasteiger partial charge in [-0.05, 0) is 50.3 Å². The van der Waals surface area contributed by atoms with Gasteiger partial charge in [0.1, 0.15) is 12.7 Å². The van der Waals surface area contributed by atoms with Crippen molar-refractivity contribution in [3.8, 4) is 5.69 Å². The monoisotopic (exact) mass is 341 g/mol. The second-order valence-electron chi connectivity index (χ2n) is 7.23. The Morgan fingerprint density at radius 1 is 1.28 bits per heavy atom. The lowest BCUT2D eigenvalue weighted by Gasteiger charge is -2.33. The minimum Gasteiger partial charge on any atom is -0.331 e. The molecule has 2 atom stereocenters. The van der Waals surface area contributed by atoms with Crippen molar-refractivity contribution in [3.63, 3.8) is 0 Å². The van der Waals surface area contributed by atoms with E-state index in [9.17, 15) is 4.79 Å². The van der Waals surface area contributed by atoms with Crippen LogP contribution in [0.4, 0.5) is 4.79 Å². The highest BCUT2D eigenvalue weighted by atomic mass is 16.2. The van der Waals surface area contributed by atoms with Gasteiger partial charge in [0.05, 0.1) is 11.7 Å². The topological polar surface area (TPSA) is 63.1 Å². The fraction of sp³-hybridized carbons (Fsp3) is 0.526. The average Bonchev–Trinajstić information content (AvgIpc) is 3.26. The molecule has 134 valence electrons. The number of aromatic nitrogens is 3. The largest absolute Gasteiger partial charge is 0.331 e. The number of hydrogen-bond donors (Lipinski definition) is 1. The Kier molecular flexibility index (Phi) is 5.06. The minimum atomic E-state index is -0.0726. The molecular formula is C19H27N5O. The molecule has 1 saturated carbocycles. The number of nitrogens with one attached hydrogen (secondary N) is 1. The lowest BCUT2D eigenvalue weighted by atomic mass is 10.0. The summed E-state index contributed by atoms with van der Waals surface area (Å²) in [6, 6.07) is 8.60. The molecule has 1 aromatic heterocycles. The van der Waals surface area contributed by atoms with Crippen LogP contribution in [-0.2, 0) is 0 Å². The Morgan fingerprint density at radius 2 is 2.04 bits per heavy atom. The van der Waals surface area contributed by atoms with Crippen molar-refractivity contribution in [1.82, 2.24) is 25.0 Å². The van der Waals surface area contributed by atoms with Gasteiger partial charge in [-0.25, -0.2) is 14.5 Å². The molecule has 0 spiro atoms. The summed E-state index contributed by atoms with van der Waals surface area (Å²) in [6.45, 7) is 8.48. The summed E-state index contributed by atoms with van der Waals surface area (Å²) in [5.74, 6) is 0.442. The maximum Gasteiger partial charge on any atom is 0.318 e. The molecule has 1 aromatic carbocycles. The van der Waals surface area contributed by atoms with Crippen LogP contribution in [0.15, 0.2) is 36.9 Å². The molecule has 2 amide bonds. The number of amides is 2. The predicted molar refractivity (Wildman–Crippen MR) is 97.5 cm³/mol. The first-order valence-electron chi connectivity index (χ1n) is 9.01. The molecule has 25 heavy (non-hydrogen) atoms. The number of nitrogens with zero attached hydrogens (tertiary/aromatic N) is 4. The molecular weight excluding hydrogens is 314 g/mol. The fourth-order valence-corrected chi connectivity index (χ4v) is 2.98. The quantitative estimate of drug-likeness (QED) is 0.874. The minimum absolute atomic E-state index is 0.0300. The number of carbonyl (C=O) groups excluding carboxylic acids is 1. The van der Waals surface area contributed by atoms with Gasteiger partial charge >= 0.3 is 6.03 Å². The number of benzene rings is 1. The molecule has 1 heterocycles. The Morgan fingerprint density at radius 3 is 2.64 bits per heavy atom. The number of urea groups is 1. The second kappa shape index (κ2) is 7.25. The SMILES string of the molecule is CC(C)[C@@H](C)N(C(=O)N[C@H](C)c1cccc(-n2cncn2)c1)C1CC1. The lowest BCUT2D eigenvalue weighted by Crippen LogP contribution is -2.48. The zero-order valence-electron chi connectivity index (χ0n) is 15.4. The summed E-state index contributed by atoms with van der Waals surface area (Å²) in [4.78, 5) is 18.9. The summed E-state index contributed by atoms with van der Waals surface area (Å²) in [5, 5.41) is 7.33. The van der Waals surface area contributed by atoms with E-state index in [-0.39, 0.29) is 18.1 Å². The van der Waals surface area contributed by atoms with Crippen LogP contribution in [0.5, 0.6) is 0 Å². The molecule has 2 aromatic rings. The van der Waals surface area contributed by atoms with Crippen LogP contribution >= 0.6 is 0 Å².